The number of nitrogens with zero attached hydrogens (tertiary/aromatic N) is 4. The number of hydrogen-bond acceptors (Lipinski definition) is 6. The van der Waals surface area contributed by atoms with Crippen molar-refractivity contribution in [3.8, 4) is 0 Å². The molecule has 6 nitrogen and oxygen atoms in total. The summed E-state index contributed by atoms with van der Waals surface area (Å²) in [7, 11) is 0. The highest BCUT2D eigenvalue weighted by Crippen LogP contribution is 2.23. The number of fused-ring (bicyclic) bond motifs is 1. The van der Waals surface area contributed by atoms with Crippen molar-refractivity contribution in [3.05, 3.63) is 11.3 Å². The third-order valence-electron chi connectivity index (χ3n) is 1.74. The quantitative estimate of drug-likeness (QED) is 0.721. The van der Waals surface area contributed by atoms with E-state index in [-0.39, 0.29) is 0 Å². The fourth-order valence-corrected chi connectivity index (χ4v) is 1.98. The Balaban J connectivity index is 2.22. The fraction of sp³-hybridized carbons (Fsp3) is 0.625. The zero-order valence-electron chi connectivity index (χ0n) is 8.58. The van der Waals surface area contributed by atoms with Gasteiger partial charge in [0, 0.05) is 13.2 Å². The summed E-state index contributed by atoms with van der Waals surface area (Å²) >= 11 is 1.42. The Labute approximate surface area is 90.8 Å². The molecule has 7 heteroatoms. The van der Waals surface area contributed by atoms with Crippen molar-refractivity contribution in [2.24, 2.45) is 0 Å². The van der Waals surface area contributed by atoms with E-state index in [2.05, 4.69) is 15.3 Å². The molecule has 0 aromatic carbocycles. The first-order valence-electron chi connectivity index (χ1n) is 4.75. The summed E-state index contributed by atoms with van der Waals surface area (Å²) in [6.07, 6.45) is 1.16. The van der Waals surface area contributed by atoms with Crippen LogP contribution in [0.4, 0.5) is 0 Å². The Morgan fingerprint density at radius 2 is 2.13 bits per heavy atom. The third kappa shape index (κ3) is 2.14. The molecule has 0 radical (unpaired) electrons. The highest BCUT2D eigenvalue weighted by atomic mass is 32.1. The van der Waals surface area contributed by atoms with Gasteiger partial charge < -0.3 is 9.47 Å². The Kier molecular flexibility index (Phi) is 3.24. The minimum Gasteiger partial charge on any atom is -0.347 e. The van der Waals surface area contributed by atoms with Gasteiger partial charge in [0.15, 0.2) is 5.01 Å². The maximum Gasteiger partial charge on any atom is 0.234 e. The van der Waals surface area contributed by atoms with Gasteiger partial charge in [0.2, 0.25) is 11.3 Å². The third-order valence-corrected chi connectivity index (χ3v) is 2.67. The lowest BCUT2D eigenvalue weighted by molar-refractivity contribution is -0.140. The van der Waals surface area contributed by atoms with Gasteiger partial charge in [-0.1, -0.05) is 11.3 Å². The first-order valence-corrected chi connectivity index (χ1v) is 5.56. The summed E-state index contributed by atoms with van der Waals surface area (Å²) in [5.41, 5.74) is 0. The van der Waals surface area contributed by atoms with Gasteiger partial charge in [-0.2, -0.15) is 9.61 Å². The Bertz CT molecular complexity index is 392. The van der Waals surface area contributed by atoms with Crippen LogP contribution in [-0.4, -0.2) is 33.0 Å². The van der Waals surface area contributed by atoms with Crippen LogP contribution in [0.3, 0.4) is 0 Å². The average molecular weight is 228 g/mol. The molecule has 0 unspecified atom stereocenters. The van der Waals surface area contributed by atoms with E-state index in [9.17, 15) is 0 Å². The maximum absolute atomic E-state index is 5.43. The Morgan fingerprint density at radius 1 is 1.40 bits per heavy atom. The van der Waals surface area contributed by atoms with Crippen LogP contribution < -0.4 is 0 Å². The minimum absolute atomic E-state index is 0.397. The maximum atomic E-state index is 5.43. The van der Waals surface area contributed by atoms with E-state index < -0.39 is 6.29 Å². The standard InChI is InChI=1S/C8H12N4O2S/c1-3-13-7(14-4-2)6-11-12-5-9-10-8(12)15-6/h5,7H,3-4H2,1-2H3. The van der Waals surface area contributed by atoms with Crippen LogP contribution in [0.5, 0.6) is 0 Å². The monoisotopic (exact) mass is 228 g/mol. The molecule has 0 fully saturated rings. The van der Waals surface area contributed by atoms with Crippen molar-refractivity contribution < 1.29 is 9.47 Å². The smallest absolute Gasteiger partial charge is 0.234 e. The van der Waals surface area contributed by atoms with Crippen LogP contribution in [0, 0.1) is 0 Å². The summed E-state index contributed by atoms with van der Waals surface area (Å²) < 4.78 is 12.5. The molecule has 0 saturated carbocycles. The molecule has 2 aromatic rings. The van der Waals surface area contributed by atoms with Gasteiger partial charge in [0.05, 0.1) is 0 Å². The lowest BCUT2D eigenvalue weighted by Gasteiger charge is -2.12. The van der Waals surface area contributed by atoms with Crippen LogP contribution in [0.15, 0.2) is 6.33 Å². The van der Waals surface area contributed by atoms with Gasteiger partial charge in [-0.25, -0.2) is 0 Å². The predicted molar refractivity (Wildman–Crippen MR) is 54.7 cm³/mol. The van der Waals surface area contributed by atoms with Gasteiger partial charge >= 0.3 is 0 Å². The molecule has 2 rings (SSSR count). The molecule has 82 valence electrons. The summed E-state index contributed by atoms with van der Waals surface area (Å²) in [5, 5.41) is 12.7. The molecular weight excluding hydrogens is 216 g/mol. The summed E-state index contributed by atoms with van der Waals surface area (Å²) in [6, 6.07) is 0. The molecule has 0 atom stereocenters. The number of hydrogen-bond donors (Lipinski definition) is 0. The van der Waals surface area contributed by atoms with Crippen molar-refractivity contribution in [3.63, 3.8) is 0 Å². The van der Waals surface area contributed by atoms with Crippen molar-refractivity contribution in [1.29, 1.82) is 0 Å². The van der Waals surface area contributed by atoms with E-state index in [4.69, 9.17) is 9.47 Å². The molecule has 0 N–H and O–H groups in total. The summed E-state index contributed by atoms with van der Waals surface area (Å²) in [4.78, 5) is 0.745. The molecule has 0 aliphatic carbocycles. The lowest BCUT2D eigenvalue weighted by Crippen LogP contribution is -2.08. The van der Waals surface area contributed by atoms with Crippen molar-refractivity contribution >= 4 is 16.3 Å². The molecular formula is C8H12N4O2S. The molecule has 0 spiro atoms. The zero-order chi connectivity index (χ0) is 10.7. The van der Waals surface area contributed by atoms with Crippen LogP contribution in [-0.2, 0) is 9.47 Å². The molecule has 0 aliphatic heterocycles. The summed E-state index contributed by atoms with van der Waals surface area (Å²) in [6.45, 7) is 5.02. The van der Waals surface area contributed by atoms with Gasteiger partial charge in [-0.15, -0.1) is 10.2 Å². The van der Waals surface area contributed by atoms with E-state index in [0.29, 0.717) is 13.2 Å². The van der Waals surface area contributed by atoms with Gasteiger partial charge in [0.1, 0.15) is 6.33 Å². The van der Waals surface area contributed by atoms with E-state index in [1.807, 2.05) is 13.8 Å². The lowest BCUT2D eigenvalue weighted by atomic mass is 10.6. The second-order valence-electron chi connectivity index (χ2n) is 2.74. The van der Waals surface area contributed by atoms with Gasteiger partial charge in [-0.3, -0.25) is 0 Å². The second-order valence-corrected chi connectivity index (χ2v) is 3.73. The van der Waals surface area contributed by atoms with Gasteiger partial charge in [-0.05, 0) is 13.8 Å². The molecule has 2 heterocycles. The number of aromatic nitrogens is 4. The highest BCUT2D eigenvalue weighted by Gasteiger charge is 2.17. The highest BCUT2D eigenvalue weighted by molar-refractivity contribution is 7.16. The molecule has 0 aliphatic rings. The SMILES string of the molecule is CCOC(OCC)c1nn2cnnc2s1. The molecule has 0 saturated heterocycles. The number of ether oxygens (including phenoxy) is 2. The minimum atomic E-state index is -0.397. The van der Waals surface area contributed by atoms with Crippen LogP contribution in [0.2, 0.25) is 0 Å². The normalized spacial score (nSPS) is 11.7. The molecule has 15 heavy (non-hydrogen) atoms. The van der Waals surface area contributed by atoms with Crippen molar-refractivity contribution in [1.82, 2.24) is 19.8 Å². The summed E-state index contributed by atoms with van der Waals surface area (Å²) in [5.74, 6) is 0. The first-order chi connectivity index (χ1) is 7.35. The predicted octanol–water partition coefficient (Wildman–Crippen LogP) is 1.26. The van der Waals surface area contributed by atoms with Crippen LogP contribution in [0.1, 0.15) is 25.1 Å². The zero-order valence-corrected chi connectivity index (χ0v) is 9.40. The second kappa shape index (κ2) is 4.65. The topological polar surface area (TPSA) is 61.5 Å². The number of rotatable bonds is 5. The molecule has 2 aromatic heterocycles. The fourth-order valence-electron chi connectivity index (χ4n) is 1.16. The van der Waals surface area contributed by atoms with E-state index in [1.54, 1.807) is 10.8 Å². The van der Waals surface area contributed by atoms with Gasteiger partial charge in [0.25, 0.3) is 0 Å². The molecule has 0 amide bonds. The van der Waals surface area contributed by atoms with Crippen LogP contribution in [0.25, 0.3) is 4.96 Å². The Morgan fingerprint density at radius 3 is 2.73 bits per heavy atom. The first kappa shape index (κ1) is 10.5. The van der Waals surface area contributed by atoms with Crippen LogP contribution >= 0.6 is 11.3 Å². The largest absolute Gasteiger partial charge is 0.347 e. The Hall–Kier alpha value is -1.05. The van der Waals surface area contributed by atoms with E-state index >= 15 is 0 Å². The van der Waals surface area contributed by atoms with E-state index in [0.717, 1.165) is 9.97 Å². The molecule has 0 bridgehead atoms. The van der Waals surface area contributed by atoms with Crippen molar-refractivity contribution in [2.75, 3.05) is 13.2 Å². The average Bonchev–Trinajstić information content (AvgIpc) is 2.76. The van der Waals surface area contributed by atoms with E-state index in [1.165, 1.54) is 11.3 Å². The van der Waals surface area contributed by atoms with Crippen molar-refractivity contribution in [2.45, 2.75) is 20.1 Å².